The molecule has 0 saturated carbocycles. The van der Waals surface area contributed by atoms with Gasteiger partial charge in [0.15, 0.2) is 5.60 Å². The predicted molar refractivity (Wildman–Crippen MR) is 97.3 cm³/mol. The van der Waals surface area contributed by atoms with Gasteiger partial charge in [0, 0.05) is 5.92 Å². The van der Waals surface area contributed by atoms with Crippen molar-refractivity contribution < 1.29 is 30.0 Å². The molecule has 6 atom stereocenters. The predicted octanol–water partition coefficient (Wildman–Crippen LogP) is 1.42. The molecule has 4 N–H and O–H groups in total. The summed E-state index contributed by atoms with van der Waals surface area (Å²) < 4.78 is 5.56. The summed E-state index contributed by atoms with van der Waals surface area (Å²) in [6.07, 6.45) is 2.88. The normalized spacial score (nSPS) is 34.0. The Hall–Kier alpha value is -1.18. The van der Waals surface area contributed by atoms with Gasteiger partial charge in [0.2, 0.25) is 5.78 Å². The maximum Gasteiger partial charge on any atom is 0.208 e. The molecule has 1 aliphatic heterocycles. The van der Waals surface area contributed by atoms with Crippen LogP contribution in [0.4, 0.5) is 0 Å². The molecule has 4 unspecified atom stereocenters. The van der Waals surface area contributed by atoms with Crippen LogP contribution in [0.25, 0.3) is 0 Å². The summed E-state index contributed by atoms with van der Waals surface area (Å²) in [7, 11) is 0. The molecule has 1 heterocycles. The van der Waals surface area contributed by atoms with E-state index in [1.54, 1.807) is 0 Å². The molecule has 0 aromatic rings. The van der Waals surface area contributed by atoms with Gasteiger partial charge in [-0.2, -0.15) is 0 Å². The number of fused-ring (bicyclic) bond motifs is 1. The Balaban J connectivity index is 2.29. The molecule has 0 amide bonds. The van der Waals surface area contributed by atoms with Crippen LogP contribution < -0.4 is 0 Å². The molecule has 146 valence electrons. The first-order valence-electron chi connectivity index (χ1n) is 8.72. The van der Waals surface area contributed by atoms with Crippen molar-refractivity contribution >= 4 is 17.4 Å². The van der Waals surface area contributed by atoms with E-state index in [4.69, 9.17) is 16.3 Å². The van der Waals surface area contributed by atoms with Gasteiger partial charge in [-0.05, 0) is 43.6 Å². The highest BCUT2D eigenvalue weighted by atomic mass is 35.5. The minimum atomic E-state index is -1.96. The number of aliphatic hydroxyl groups is 4. The van der Waals surface area contributed by atoms with Crippen LogP contribution in [0.3, 0.4) is 0 Å². The lowest BCUT2D eigenvalue weighted by Gasteiger charge is -2.40. The summed E-state index contributed by atoms with van der Waals surface area (Å²) in [5.41, 5.74) is -3.02. The van der Waals surface area contributed by atoms with E-state index in [1.165, 1.54) is 32.1 Å². The fourth-order valence-electron chi connectivity index (χ4n) is 3.19. The summed E-state index contributed by atoms with van der Waals surface area (Å²) in [6.45, 7) is 6.53. The third-order valence-corrected chi connectivity index (χ3v) is 5.75. The average molecular weight is 387 g/mol. The van der Waals surface area contributed by atoms with E-state index >= 15 is 0 Å². The largest absolute Gasteiger partial charge is 0.493 e. The van der Waals surface area contributed by atoms with Gasteiger partial charge in [-0.15, -0.1) is 0 Å². The maximum absolute atomic E-state index is 12.2. The molecule has 7 heteroatoms. The second-order valence-corrected chi connectivity index (χ2v) is 7.92. The number of halogens is 1. The zero-order valence-electron chi connectivity index (χ0n) is 15.4. The molecule has 2 aliphatic rings. The number of ketones is 1. The van der Waals surface area contributed by atoms with Crippen molar-refractivity contribution in [2.75, 3.05) is 6.61 Å². The molecule has 0 bridgehead atoms. The first-order valence-corrected chi connectivity index (χ1v) is 9.10. The van der Waals surface area contributed by atoms with E-state index in [-0.39, 0.29) is 17.6 Å². The number of carbonyl (C=O) groups is 1. The number of Topliss-reactive ketones (excluding diaryl/α,β-unsaturated/α-hetero) is 1. The van der Waals surface area contributed by atoms with Gasteiger partial charge < -0.3 is 25.2 Å². The van der Waals surface area contributed by atoms with Gasteiger partial charge in [0.1, 0.15) is 17.5 Å². The number of allylic oxidation sites excluding steroid dienone is 2. The molecule has 0 spiro atoms. The first-order chi connectivity index (χ1) is 11.9. The smallest absolute Gasteiger partial charge is 0.208 e. The van der Waals surface area contributed by atoms with E-state index in [0.717, 1.165) is 0 Å². The SMILES string of the molecule is CCC(C)C(O)C(C)(O)/C=C/C1=CC2=C(Cl)C(=O)C(C)(O)[C@H](O)[C@@H]2CO1. The van der Waals surface area contributed by atoms with E-state index in [2.05, 4.69) is 0 Å². The van der Waals surface area contributed by atoms with Crippen molar-refractivity contribution in [2.45, 2.75) is 57.5 Å². The molecule has 2 rings (SSSR count). The Bertz CT molecular complexity index is 661. The highest BCUT2D eigenvalue weighted by Crippen LogP contribution is 2.40. The number of aliphatic hydroxyl groups excluding tert-OH is 2. The van der Waals surface area contributed by atoms with Crippen LogP contribution in [0.1, 0.15) is 34.1 Å². The van der Waals surface area contributed by atoms with Crippen LogP contribution in [0.15, 0.2) is 34.6 Å². The van der Waals surface area contributed by atoms with E-state index < -0.39 is 35.1 Å². The summed E-state index contributed by atoms with van der Waals surface area (Å²) in [5, 5.41) is 41.0. The third-order valence-electron chi connectivity index (χ3n) is 5.36. The maximum atomic E-state index is 12.2. The van der Waals surface area contributed by atoms with Crippen LogP contribution in [-0.2, 0) is 9.53 Å². The standard InChI is InChI=1S/C19H27ClO6/c1-5-10(2)15(21)18(3,24)7-6-11-8-12-13(9-26-11)16(22)19(4,25)17(23)14(12)20/h6-8,10,13,15-16,21-22,24-25H,5,9H2,1-4H3/b7-6+/t10?,13-,15?,16-,18?,19?/m1/s1. The Morgan fingerprint density at radius 2 is 2.15 bits per heavy atom. The van der Waals surface area contributed by atoms with Gasteiger partial charge in [-0.1, -0.05) is 31.9 Å². The molecular weight excluding hydrogens is 360 g/mol. The van der Waals surface area contributed by atoms with Crippen molar-refractivity contribution in [3.63, 3.8) is 0 Å². The molecular formula is C19H27ClO6. The molecule has 0 aromatic carbocycles. The Labute approximate surface area is 158 Å². The quantitative estimate of drug-likeness (QED) is 0.569. The summed E-state index contributed by atoms with van der Waals surface area (Å²) in [4.78, 5) is 12.2. The lowest BCUT2D eigenvalue weighted by Crippen LogP contribution is -2.55. The molecule has 26 heavy (non-hydrogen) atoms. The topological polar surface area (TPSA) is 107 Å². The van der Waals surface area contributed by atoms with Crippen LogP contribution in [0, 0.1) is 11.8 Å². The number of hydrogen-bond acceptors (Lipinski definition) is 6. The molecule has 1 aliphatic carbocycles. The summed E-state index contributed by atoms with van der Waals surface area (Å²) >= 11 is 6.10. The van der Waals surface area contributed by atoms with Crippen LogP contribution in [0.5, 0.6) is 0 Å². The Morgan fingerprint density at radius 3 is 2.73 bits per heavy atom. The van der Waals surface area contributed by atoms with Gasteiger partial charge in [0.25, 0.3) is 0 Å². The second kappa shape index (κ2) is 7.44. The third kappa shape index (κ3) is 3.75. The van der Waals surface area contributed by atoms with Gasteiger partial charge >= 0.3 is 0 Å². The van der Waals surface area contributed by atoms with Gasteiger partial charge in [-0.25, -0.2) is 0 Å². The Morgan fingerprint density at radius 1 is 1.54 bits per heavy atom. The van der Waals surface area contributed by atoms with Gasteiger partial charge in [-0.3, -0.25) is 4.79 Å². The fourth-order valence-corrected chi connectivity index (χ4v) is 3.58. The van der Waals surface area contributed by atoms with Crippen molar-refractivity contribution in [2.24, 2.45) is 11.8 Å². The fraction of sp³-hybridized carbons (Fsp3) is 0.632. The first kappa shape index (κ1) is 21.1. The average Bonchev–Trinajstić information content (AvgIpc) is 2.61. The monoisotopic (exact) mass is 386 g/mol. The van der Waals surface area contributed by atoms with Crippen LogP contribution in [0.2, 0.25) is 0 Å². The van der Waals surface area contributed by atoms with E-state index in [0.29, 0.717) is 17.8 Å². The van der Waals surface area contributed by atoms with Gasteiger partial charge in [0.05, 0.1) is 17.7 Å². The highest BCUT2D eigenvalue weighted by molar-refractivity contribution is 6.44. The number of hydrogen-bond donors (Lipinski definition) is 4. The number of carbonyl (C=O) groups excluding carboxylic acids is 1. The highest BCUT2D eigenvalue weighted by Gasteiger charge is 2.50. The second-order valence-electron chi connectivity index (χ2n) is 7.54. The zero-order valence-corrected chi connectivity index (χ0v) is 16.2. The summed E-state index contributed by atoms with van der Waals surface area (Å²) in [6, 6.07) is 0. The van der Waals surface area contributed by atoms with Crippen LogP contribution in [-0.4, -0.2) is 56.2 Å². The van der Waals surface area contributed by atoms with E-state index in [9.17, 15) is 25.2 Å². The molecule has 0 saturated heterocycles. The minimum Gasteiger partial charge on any atom is -0.493 e. The van der Waals surface area contributed by atoms with E-state index in [1.807, 2.05) is 13.8 Å². The zero-order chi connectivity index (χ0) is 19.9. The minimum absolute atomic E-state index is 0.0301. The number of rotatable bonds is 5. The molecule has 6 nitrogen and oxygen atoms in total. The summed E-state index contributed by atoms with van der Waals surface area (Å²) in [5.74, 6) is -1.12. The molecule has 0 aromatic heterocycles. The van der Waals surface area contributed by atoms with Crippen molar-refractivity contribution in [1.82, 2.24) is 0 Å². The Kier molecular flexibility index (Phi) is 6.05. The van der Waals surface area contributed by atoms with Crippen molar-refractivity contribution in [3.05, 3.63) is 34.6 Å². The molecule has 0 fully saturated rings. The molecule has 0 radical (unpaired) electrons. The van der Waals surface area contributed by atoms with Crippen LogP contribution >= 0.6 is 11.6 Å². The lowest BCUT2D eigenvalue weighted by molar-refractivity contribution is -0.150. The number of ether oxygens (including phenoxy) is 1. The van der Waals surface area contributed by atoms with Crippen molar-refractivity contribution in [1.29, 1.82) is 0 Å². The lowest BCUT2D eigenvalue weighted by atomic mass is 9.75. The van der Waals surface area contributed by atoms with Crippen molar-refractivity contribution in [3.8, 4) is 0 Å².